The van der Waals surface area contributed by atoms with Crippen molar-refractivity contribution in [1.29, 1.82) is 5.26 Å². The van der Waals surface area contributed by atoms with E-state index in [2.05, 4.69) is 16.1 Å². The van der Waals surface area contributed by atoms with Crippen LogP contribution in [0.15, 0.2) is 59.9 Å². The molecule has 2 unspecified atom stereocenters. The standard InChI is InChI=1S/C34H37N7O3/c1-38-11-10-24(15-31(38)42)26-14-29(32-27(16-35)18-37-41(32)20-26)25-7-8-30(36-17-25)39-12-9-22-13-28(21-39)40(19-22)34(44)33(43)23-5-3-2-4-6-23/h7-8,10-11,14-15,17-18,20,22-23,28,33,43H,2-6,9,12-13,19,21H2,1H3/t22?,28?,33-/m1/s1. The van der Waals surface area contributed by atoms with Gasteiger partial charge in [-0.05, 0) is 67.3 Å². The van der Waals surface area contributed by atoms with Crippen molar-refractivity contribution in [3.05, 3.63) is 71.0 Å². The van der Waals surface area contributed by atoms with E-state index in [-0.39, 0.29) is 23.4 Å². The Labute approximate surface area is 256 Å². The van der Waals surface area contributed by atoms with Crippen molar-refractivity contribution in [3.63, 3.8) is 0 Å². The average molecular weight is 592 g/mol. The molecule has 226 valence electrons. The molecule has 10 heteroatoms. The van der Waals surface area contributed by atoms with Gasteiger partial charge in [0.25, 0.3) is 11.5 Å². The number of hydrogen-bond donors (Lipinski definition) is 1. The van der Waals surface area contributed by atoms with E-state index in [1.165, 1.54) is 11.0 Å². The van der Waals surface area contributed by atoms with E-state index in [4.69, 9.17) is 4.98 Å². The number of nitrogens with zero attached hydrogens (tertiary/aromatic N) is 7. The topological polar surface area (TPSA) is 120 Å². The molecule has 0 spiro atoms. The number of anilines is 1. The third kappa shape index (κ3) is 5.15. The Hall–Kier alpha value is -4.49. The van der Waals surface area contributed by atoms with Gasteiger partial charge in [-0.15, -0.1) is 0 Å². The van der Waals surface area contributed by atoms with Crippen LogP contribution in [0.3, 0.4) is 0 Å². The number of carbonyl (C=O) groups is 1. The van der Waals surface area contributed by atoms with Crippen LogP contribution in [0.4, 0.5) is 5.82 Å². The lowest BCUT2D eigenvalue weighted by atomic mass is 9.84. The van der Waals surface area contributed by atoms with Crippen LogP contribution < -0.4 is 10.5 Å². The highest BCUT2D eigenvalue weighted by atomic mass is 16.3. The van der Waals surface area contributed by atoms with Crippen molar-refractivity contribution in [2.75, 3.05) is 24.5 Å². The first kappa shape index (κ1) is 28.3. The zero-order chi connectivity index (χ0) is 30.4. The number of fused-ring (bicyclic) bond motifs is 3. The Morgan fingerprint density at radius 1 is 1.05 bits per heavy atom. The van der Waals surface area contributed by atoms with Gasteiger partial charge >= 0.3 is 0 Å². The van der Waals surface area contributed by atoms with Gasteiger partial charge in [-0.25, -0.2) is 9.50 Å². The molecule has 0 radical (unpaired) electrons. The maximum atomic E-state index is 13.4. The van der Waals surface area contributed by atoms with Crippen LogP contribution in [0.2, 0.25) is 0 Å². The zero-order valence-corrected chi connectivity index (χ0v) is 25.0. The molecule has 10 nitrogen and oxygen atoms in total. The number of aliphatic hydroxyl groups is 1. The number of aromatic nitrogens is 4. The summed E-state index contributed by atoms with van der Waals surface area (Å²) in [4.78, 5) is 34.9. The Bertz CT molecular complexity index is 1800. The first-order valence-electron chi connectivity index (χ1n) is 15.7. The number of aliphatic hydroxyl groups excluding tert-OH is 1. The molecule has 3 aliphatic rings. The fourth-order valence-electron chi connectivity index (χ4n) is 7.42. The summed E-state index contributed by atoms with van der Waals surface area (Å²) in [6.07, 6.45) is 13.2. The van der Waals surface area contributed by atoms with E-state index in [9.17, 15) is 20.0 Å². The van der Waals surface area contributed by atoms with Crippen molar-refractivity contribution in [2.45, 2.75) is 57.1 Å². The largest absolute Gasteiger partial charge is 0.383 e. The average Bonchev–Trinajstić information content (AvgIpc) is 3.60. The summed E-state index contributed by atoms with van der Waals surface area (Å²) in [6, 6.07) is 11.8. The summed E-state index contributed by atoms with van der Waals surface area (Å²) in [5, 5.41) is 25.2. The smallest absolute Gasteiger partial charge is 0.252 e. The van der Waals surface area contributed by atoms with Gasteiger partial charge in [-0.2, -0.15) is 10.4 Å². The first-order valence-corrected chi connectivity index (χ1v) is 15.7. The summed E-state index contributed by atoms with van der Waals surface area (Å²) in [6.45, 7) is 2.29. The van der Waals surface area contributed by atoms with E-state index in [1.807, 2.05) is 41.6 Å². The number of pyridine rings is 3. The predicted octanol–water partition coefficient (Wildman–Crippen LogP) is 4.00. The molecule has 2 saturated heterocycles. The molecular formula is C34H37N7O3. The summed E-state index contributed by atoms with van der Waals surface area (Å²) in [5.74, 6) is 1.26. The van der Waals surface area contributed by atoms with Crippen LogP contribution in [0, 0.1) is 23.2 Å². The molecule has 2 aliphatic heterocycles. The summed E-state index contributed by atoms with van der Waals surface area (Å²) >= 11 is 0. The lowest BCUT2D eigenvalue weighted by Gasteiger charge is -2.35. The van der Waals surface area contributed by atoms with Crippen LogP contribution in [-0.4, -0.2) is 66.9 Å². The van der Waals surface area contributed by atoms with Crippen molar-refractivity contribution < 1.29 is 9.90 Å². The maximum Gasteiger partial charge on any atom is 0.252 e. The molecule has 3 fully saturated rings. The number of amides is 1. The molecule has 1 aliphatic carbocycles. The molecule has 4 aromatic heterocycles. The third-order valence-corrected chi connectivity index (χ3v) is 9.92. The molecule has 1 saturated carbocycles. The van der Waals surface area contributed by atoms with Crippen LogP contribution in [0.1, 0.15) is 50.5 Å². The number of nitriles is 1. The second-order valence-corrected chi connectivity index (χ2v) is 12.7. The van der Waals surface area contributed by atoms with E-state index in [0.29, 0.717) is 23.5 Å². The van der Waals surface area contributed by atoms with E-state index in [0.717, 1.165) is 79.7 Å². The number of carbonyl (C=O) groups excluding carboxylic acids is 1. The van der Waals surface area contributed by atoms with Gasteiger partial charge in [0, 0.05) is 74.1 Å². The molecule has 7 rings (SSSR count). The van der Waals surface area contributed by atoms with Crippen LogP contribution in [-0.2, 0) is 11.8 Å². The zero-order valence-electron chi connectivity index (χ0n) is 25.0. The van der Waals surface area contributed by atoms with Gasteiger partial charge in [0.2, 0.25) is 0 Å². The van der Waals surface area contributed by atoms with Crippen LogP contribution in [0.5, 0.6) is 0 Å². The monoisotopic (exact) mass is 591 g/mol. The molecule has 44 heavy (non-hydrogen) atoms. The number of hydrogen-bond acceptors (Lipinski definition) is 7. The second-order valence-electron chi connectivity index (χ2n) is 12.7. The van der Waals surface area contributed by atoms with Crippen molar-refractivity contribution in [3.8, 4) is 28.3 Å². The molecule has 6 heterocycles. The Kier molecular flexibility index (Phi) is 7.42. The molecular weight excluding hydrogens is 554 g/mol. The fourth-order valence-corrected chi connectivity index (χ4v) is 7.42. The Balaban J connectivity index is 1.15. The minimum Gasteiger partial charge on any atom is -0.383 e. The molecule has 4 aromatic rings. The summed E-state index contributed by atoms with van der Waals surface area (Å²) < 4.78 is 3.21. The third-order valence-electron chi connectivity index (χ3n) is 9.92. The SMILES string of the molecule is Cn1ccc(-c2cc(-c3ccc(N4CCC5CC(C4)N(C(=O)[C@H](O)C4CCCCC4)C5)nc3)c3c(C#N)cnn3c2)cc1=O. The lowest BCUT2D eigenvalue weighted by molar-refractivity contribution is -0.144. The number of aryl methyl sites for hydroxylation is 1. The number of rotatable bonds is 5. The molecule has 2 bridgehead atoms. The van der Waals surface area contributed by atoms with Crippen LogP contribution >= 0.6 is 0 Å². The fraction of sp³-hybridized carbons (Fsp3) is 0.441. The van der Waals surface area contributed by atoms with Crippen molar-refractivity contribution in [1.82, 2.24) is 24.1 Å². The quantitative estimate of drug-likeness (QED) is 0.373. The van der Waals surface area contributed by atoms with Gasteiger partial charge in [-0.1, -0.05) is 19.3 Å². The second kappa shape index (κ2) is 11.5. The van der Waals surface area contributed by atoms with Gasteiger partial charge in [0.1, 0.15) is 18.0 Å². The minimum atomic E-state index is -0.893. The Morgan fingerprint density at radius 2 is 1.89 bits per heavy atom. The highest BCUT2D eigenvalue weighted by Crippen LogP contribution is 2.36. The molecule has 0 aromatic carbocycles. The summed E-state index contributed by atoms with van der Waals surface area (Å²) in [5.41, 5.74) is 4.26. The normalized spacial score (nSPS) is 21.3. The number of likely N-dealkylation sites (tertiary alicyclic amines) is 1. The maximum absolute atomic E-state index is 13.4. The first-order chi connectivity index (χ1) is 21.4. The van der Waals surface area contributed by atoms with Gasteiger partial charge in [-0.3, -0.25) is 9.59 Å². The van der Waals surface area contributed by atoms with Crippen LogP contribution in [0.25, 0.3) is 27.8 Å². The van der Waals surface area contributed by atoms with E-state index < -0.39 is 6.10 Å². The molecule has 1 amide bonds. The predicted molar refractivity (Wildman–Crippen MR) is 167 cm³/mol. The summed E-state index contributed by atoms with van der Waals surface area (Å²) in [7, 11) is 1.71. The molecule has 3 atom stereocenters. The van der Waals surface area contributed by atoms with Crippen molar-refractivity contribution >= 4 is 17.2 Å². The van der Waals surface area contributed by atoms with Crippen molar-refractivity contribution in [2.24, 2.45) is 18.9 Å². The van der Waals surface area contributed by atoms with Gasteiger partial charge < -0.3 is 19.5 Å². The Morgan fingerprint density at radius 3 is 2.64 bits per heavy atom. The highest BCUT2D eigenvalue weighted by molar-refractivity contribution is 5.87. The highest BCUT2D eigenvalue weighted by Gasteiger charge is 2.42. The van der Waals surface area contributed by atoms with E-state index in [1.54, 1.807) is 30.0 Å². The molecule has 1 N–H and O–H groups in total. The minimum absolute atomic E-state index is 0.0644. The van der Waals surface area contributed by atoms with E-state index >= 15 is 0 Å². The van der Waals surface area contributed by atoms with Gasteiger partial charge in [0.15, 0.2) is 0 Å². The lowest BCUT2D eigenvalue weighted by Crippen LogP contribution is -2.50. The van der Waals surface area contributed by atoms with Gasteiger partial charge in [0.05, 0.1) is 17.3 Å².